The lowest BCUT2D eigenvalue weighted by Crippen LogP contribution is -2.47. The summed E-state index contributed by atoms with van der Waals surface area (Å²) in [6.45, 7) is 7.82. The third-order valence-electron chi connectivity index (χ3n) is 5.45. The fourth-order valence-electron chi connectivity index (χ4n) is 3.46. The first-order valence-electron chi connectivity index (χ1n) is 10.5. The van der Waals surface area contributed by atoms with E-state index in [1.807, 2.05) is 51.1 Å². The summed E-state index contributed by atoms with van der Waals surface area (Å²) in [7, 11) is 0. The van der Waals surface area contributed by atoms with E-state index < -0.39 is 0 Å². The maximum atomic E-state index is 12.5. The van der Waals surface area contributed by atoms with E-state index in [2.05, 4.69) is 5.32 Å². The number of nitrogens with zero attached hydrogens (tertiary/aromatic N) is 1. The van der Waals surface area contributed by atoms with Gasteiger partial charge in [-0.3, -0.25) is 9.59 Å². The topological polar surface area (TPSA) is 67.9 Å². The third kappa shape index (κ3) is 5.75. The summed E-state index contributed by atoms with van der Waals surface area (Å²) in [5.74, 6) is 1.33. The van der Waals surface area contributed by atoms with Crippen molar-refractivity contribution in [3.8, 4) is 11.5 Å². The minimum absolute atomic E-state index is 0.00759. The quantitative estimate of drug-likeness (QED) is 0.759. The molecule has 1 N–H and O–H groups in total. The molecule has 0 aromatic heterocycles. The maximum Gasteiger partial charge on any atom is 0.260 e. The predicted octanol–water partition coefficient (Wildman–Crippen LogP) is 3.50. The predicted molar refractivity (Wildman–Crippen MR) is 116 cm³/mol. The van der Waals surface area contributed by atoms with Gasteiger partial charge in [0.05, 0.1) is 6.61 Å². The van der Waals surface area contributed by atoms with Crippen LogP contribution in [0.25, 0.3) is 0 Å². The van der Waals surface area contributed by atoms with Crippen LogP contribution in [-0.2, 0) is 4.79 Å². The summed E-state index contributed by atoms with van der Waals surface area (Å²) in [5.41, 5.74) is 2.96. The van der Waals surface area contributed by atoms with Gasteiger partial charge < -0.3 is 19.7 Å². The molecule has 2 aromatic rings. The summed E-state index contributed by atoms with van der Waals surface area (Å²) in [5, 5.41) is 3.09. The van der Waals surface area contributed by atoms with Crippen LogP contribution < -0.4 is 14.8 Å². The molecule has 0 spiro atoms. The second kappa shape index (κ2) is 10.1. The number of nitrogens with one attached hydrogen (secondary N) is 1. The Morgan fingerprint density at radius 3 is 2.20 bits per heavy atom. The first-order chi connectivity index (χ1) is 14.5. The number of piperidine rings is 1. The number of amides is 2. The average molecular weight is 411 g/mol. The molecule has 6 heteroatoms. The van der Waals surface area contributed by atoms with Gasteiger partial charge >= 0.3 is 0 Å². The number of likely N-dealkylation sites (tertiary alicyclic amines) is 1. The summed E-state index contributed by atoms with van der Waals surface area (Å²) < 4.78 is 11.0. The SMILES string of the molecule is CCOc1ccc(OCC(=O)N2CCC(NC(=O)c3ccc(C)c(C)c3)CC2)cc1. The maximum absolute atomic E-state index is 12.5. The van der Waals surface area contributed by atoms with Crippen LogP contribution in [0.4, 0.5) is 0 Å². The molecule has 30 heavy (non-hydrogen) atoms. The second-order valence-corrected chi connectivity index (χ2v) is 7.62. The fraction of sp³-hybridized carbons (Fsp3) is 0.417. The Morgan fingerprint density at radius 2 is 1.60 bits per heavy atom. The second-order valence-electron chi connectivity index (χ2n) is 7.62. The van der Waals surface area contributed by atoms with Crippen LogP contribution in [0.1, 0.15) is 41.3 Å². The van der Waals surface area contributed by atoms with Crippen molar-refractivity contribution in [2.75, 3.05) is 26.3 Å². The van der Waals surface area contributed by atoms with Gasteiger partial charge in [-0.15, -0.1) is 0 Å². The number of ether oxygens (including phenoxy) is 2. The van der Waals surface area contributed by atoms with Crippen molar-refractivity contribution < 1.29 is 19.1 Å². The summed E-state index contributed by atoms with van der Waals surface area (Å²) in [4.78, 5) is 26.7. The largest absolute Gasteiger partial charge is 0.494 e. The molecule has 1 saturated heterocycles. The molecule has 1 fully saturated rings. The molecule has 0 unspecified atom stereocenters. The highest BCUT2D eigenvalue weighted by molar-refractivity contribution is 5.94. The Kier molecular flexibility index (Phi) is 7.33. The van der Waals surface area contributed by atoms with Gasteiger partial charge in [0.2, 0.25) is 0 Å². The van der Waals surface area contributed by atoms with Gasteiger partial charge in [-0.25, -0.2) is 0 Å². The molecule has 0 radical (unpaired) electrons. The van der Waals surface area contributed by atoms with Crippen LogP contribution in [0, 0.1) is 13.8 Å². The molecule has 160 valence electrons. The molecule has 6 nitrogen and oxygen atoms in total. The minimum Gasteiger partial charge on any atom is -0.494 e. The molecular formula is C24H30N2O4. The average Bonchev–Trinajstić information content (AvgIpc) is 2.75. The van der Waals surface area contributed by atoms with Gasteiger partial charge in [-0.1, -0.05) is 6.07 Å². The molecule has 1 aliphatic rings. The van der Waals surface area contributed by atoms with Crippen molar-refractivity contribution in [3.05, 3.63) is 59.2 Å². The third-order valence-corrected chi connectivity index (χ3v) is 5.45. The van der Waals surface area contributed by atoms with E-state index in [9.17, 15) is 9.59 Å². The minimum atomic E-state index is -0.0540. The van der Waals surface area contributed by atoms with Gasteiger partial charge in [0.25, 0.3) is 11.8 Å². The van der Waals surface area contributed by atoms with Crippen molar-refractivity contribution in [2.24, 2.45) is 0 Å². The highest BCUT2D eigenvalue weighted by Crippen LogP contribution is 2.18. The number of aryl methyl sites for hydroxylation is 2. The lowest BCUT2D eigenvalue weighted by atomic mass is 10.0. The number of carbonyl (C=O) groups excluding carboxylic acids is 2. The van der Waals surface area contributed by atoms with E-state index >= 15 is 0 Å². The summed E-state index contributed by atoms with van der Waals surface area (Å²) in [6, 6.07) is 13.1. The monoisotopic (exact) mass is 410 g/mol. The van der Waals surface area contributed by atoms with Crippen molar-refractivity contribution in [2.45, 2.75) is 39.7 Å². The van der Waals surface area contributed by atoms with Crippen LogP contribution in [0.5, 0.6) is 11.5 Å². The molecule has 1 heterocycles. The zero-order valence-corrected chi connectivity index (χ0v) is 17.9. The van der Waals surface area contributed by atoms with Crippen molar-refractivity contribution >= 4 is 11.8 Å². The van der Waals surface area contributed by atoms with Crippen LogP contribution in [0.3, 0.4) is 0 Å². The van der Waals surface area contributed by atoms with E-state index in [0.717, 1.165) is 24.2 Å². The zero-order chi connectivity index (χ0) is 21.5. The number of hydrogen-bond acceptors (Lipinski definition) is 4. The highest BCUT2D eigenvalue weighted by atomic mass is 16.5. The van der Waals surface area contributed by atoms with Gasteiger partial charge in [0.1, 0.15) is 11.5 Å². The van der Waals surface area contributed by atoms with E-state index in [1.165, 1.54) is 5.56 Å². The van der Waals surface area contributed by atoms with E-state index in [4.69, 9.17) is 9.47 Å². The molecule has 0 atom stereocenters. The van der Waals surface area contributed by atoms with Crippen LogP contribution in [0.15, 0.2) is 42.5 Å². The van der Waals surface area contributed by atoms with Crippen LogP contribution in [-0.4, -0.2) is 49.1 Å². The molecule has 0 bridgehead atoms. The standard InChI is InChI=1S/C24H30N2O4/c1-4-29-21-7-9-22(10-8-21)30-16-23(27)26-13-11-20(12-14-26)25-24(28)19-6-5-17(2)18(3)15-19/h5-10,15,20H,4,11-14,16H2,1-3H3,(H,25,28). The Balaban J connectivity index is 1.42. The normalized spacial score (nSPS) is 14.3. The Labute approximate surface area is 178 Å². The van der Waals surface area contributed by atoms with Crippen LogP contribution >= 0.6 is 0 Å². The highest BCUT2D eigenvalue weighted by Gasteiger charge is 2.24. The number of rotatable bonds is 7. The molecule has 3 rings (SSSR count). The number of hydrogen-bond donors (Lipinski definition) is 1. The summed E-state index contributed by atoms with van der Waals surface area (Å²) in [6.07, 6.45) is 1.48. The van der Waals surface area contributed by atoms with E-state index in [-0.39, 0.29) is 24.5 Å². The first-order valence-corrected chi connectivity index (χ1v) is 10.5. The van der Waals surface area contributed by atoms with Gasteiger partial charge in [0, 0.05) is 24.7 Å². The van der Waals surface area contributed by atoms with Gasteiger partial charge in [0.15, 0.2) is 6.61 Å². The Bertz CT molecular complexity index is 871. The molecular weight excluding hydrogens is 380 g/mol. The van der Waals surface area contributed by atoms with Crippen molar-refractivity contribution in [1.82, 2.24) is 10.2 Å². The van der Waals surface area contributed by atoms with E-state index in [0.29, 0.717) is 31.0 Å². The van der Waals surface area contributed by atoms with Crippen molar-refractivity contribution in [3.63, 3.8) is 0 Å². The zero-order valence-electron chi connectivity index (χ0n) is 17.9. The van der Waals surface area contributed by atoms with Crippen LogP contribution in [0.2, 0.25) is 0 Å². The smallest absolute Gasteiger partial charge is 0.260 e. The molecule has 0 saturated carbocycles. The Morgan fingerprint density at radius 1 is 0.967 bits per heavy atom. The van der Waals surface area contributed by atoms with E-state index in [1.54, 1.807) is 17.0 Å². The summed E-state index contributed by atoms with van der Waals surface area (Å²) >= 11 is 0. The lowest BCUT2D eigenvalue weighted by molar-refractivity contribution is -0.134. The fourth-order valence-corrected chi connectivity index (χ4v) is 3.46. The molecule has 1 aliphatic heterocycles. The Hall–Kier alpha value is -3.02. The number of carbonyl (C=O) groups is 2. The van der Waals surface area contributed by atoms with Gasteiger partial charge in [-0.05, 0) is 81.1 Å². The molecule has 2 amide bonds. The molecule has 2 aromatic carbocycles. The first kappa shape index (κ1) is 21.7. The molecule has 0 aliphatic carbocycles. The number of benzene rings is 2. The lowest BCUT2D eigenvalue weighted by Gasteiger charge is -2.32. The van der Waals surface area contributed by atoms with Crippen molar-refractivity contribution in [1.29, 1.82) is 0 Å². The van der Waals surface area contributed by atoms with Gasteiger partial charge in [-0.2, -0.15) is 0 Å².